The molecule has 0 fully saturated rings. The summed E-state index contributed by atoms with van der Waals surface area (Å²) in [6.45, 7) is 2.33. The van der Waals surface area contributed by atoms with Crippen molar-refractivity contribution in [1.29, 1.82) is 0 Å². The smallest absolute Gasteiger partial charge is 0.295 e. The van der Waals surface area contributed by atoms with Gasteiger partial charge < -0.3 is 9.15 Å². The van der Waals surface area contributed by atoms with E-state index in [0.717, 1.165) is 12.1 Å². The van der Waals surface area contributed by atoms with Crippen LogP contribution in [0.15, 0.2) is 75.9 Å². The molecule has 1 atom stereocenters. The van der Waals surface area contributed by atoms with E-state index in [1.54, 1.807) is 30.3 Å². The van der Waals surface area contributed by atoms with Crippen molar-refractivity contribution in [1.82, 2.24) is 0 Å². The van der Waals surface area contributed by atoms with E-state index in [0.29, 0.717) is 18.0 Å². The summed E-state index contributed by atoms with van der Waals surface area (Å²) in [6, 6.07) is 15.1. The zero-order valence-electron chi connectivity index (χ0n) is 17.0. The van der Waals surface area contributed by atoms with E-state index in [-0.39, 0.29) is 27.9 Å². The third-order valence-corrected chi connectivity index (χ3v) is 5.46. The molecule has 1 unspecified atom stereocenters. The molecule has 3 aromatic carbocycles. The number of hydrogen-bond acceptors (Lipinski definition) is 4. The van der Waals surface area contributed by atoms with Crippen molar-refractivity contribution >= 4 is 22.6 Å². The van der Waals surface area contributed by atoms with Gasteiger partial charge in [0.2, 0.25) is 5.76 Å². The Morgan fingerprint density at radius 2 is 1.75 bits per heavy atom. The third kappa shape index (κ3) is 3.05. The molecule has 2 heterocycles. The van der Waals surface area contributed by atoms with Gasteiger partial charge >= 0.3 is 0 Å². The van der Waals surface area contributed by atoms with Crippen LogP contribution in [0, 0.1) is 11.6 Å². The standard InChI is InChI=1S/C25H17F2NO4/c1-2-31-16-10-8-15(9-11-16)28-22(17-5-3-4-6-19(17)27)21-23(29)18-13-14(26)7-12-20(18)32-24(21)25(28)30/h3-13,22H,2H2,1H3. The van der Waals surface area contributed by atoms with E-state index in [9.17, 15) is 18.4 Å². The normalized spacial score (nSPS) is 15.3. The van der Waals surface area contributed by atoms with Gasteiger partial charge in [-0.3, -0.25) is 14.5 Å². The summed E-state index contributed by atoms with van der Waals surface area (Å²) in [6.07, 6.45) is 0. The summed E-state index contributed by atoms with van der Waals surface area (Å²) in [7, 11) is 0. The molecule has 7 heteroatoms. The molecule has 1 aliphatic heterocycles. The van der Waals surface area contributed by atoms with Crippen LogP contribution in [0.5, 0.6) is 5.75 Å². The number of anilines is 1. The fourth-order valence-electron chi connectivity index (χ4n) is 4.07. The Morgan fingerprint density at radius 1 is 1.00 bits per heavy atom. The number of nitrogens with zero attached hydrogens (tertiary/aromatic N) is 1. The van der Waals surface area contributed by atoms with Crippen molar-refractivity contribution in [3.05, 3.63) is 105 Å². The summed E-state index contributed by atoms with van der Waals surface area (Å²) in [4.78, 5) is 28.1. The molecule has 0 aliphatic carbocycles. The van der Waals surface area contributed by atoms with E-state index < -0.39 is 29.0 Å². The lowest BCUT2D eigenvalue weighted by molar-refractivity contribution is 0.0970. The minimum Gasteiger partial charge on any atom is -0.494 e. The topological polar surface area (TPSA) is 59.8 Å². The fourth-order valence-corrected chi connectivity index (χ4v) is 4.07. The second-order valence-corrected chi connectivity index (χ2v) is 7.34. The minimum absolute atomic E-state index is 0.00793. The number of ether oxygens (including phenoxy) is 1. The van der Waals surface area contributed by atoms with Crippen LogP contribution < -0.4 is 15.1 Å². The lowest BCUT2D eigenvalue weighted by Crippen LogP contribution is -2.30. The lowest BCUT2D eigenvalue weighted by atomic mass is 9.97. The number of hydrogen-bond donors (Lipinski definition) is 0. The first-order chi connectivity index (χ1) is 15.5. The van der Waals surface area contributed by atoms with Crippen LogP contribution in [0.25, 0.3) is 11.0 Å². The highest BCUT2D eigenvalue weighted by atomic mass is 19.1. The number of fused-ring (bicyclic) bond motifs is 2. The Kier molecular flexibility index (Phi) is 4.74. The maximum atomic E-state index is 14.9. The Balaban J connectivity index is 1.77. The van der Waals surface area contributed by atoms with Crippen LogP contribution in [-0.4, -0.2) is 12.5 Å². The molecule has 0 radical (unpaired) electrons. The molecule has 0 saturated heterocycles. The molecule has 0 bridgehead atoms. The van der Waals surface area contributed by atoms with Gasteiger partial charge in [-0.25, -0.2) is 8.78 Å². The van der Waals surface area contributed by atoms with Crippen LogP contribution in [0.4, 0.5) is 14.5 Å². The third-order valence-electron chi connectivity index (χ3n) is 5.46. The van der Waals surface area contributed by atoms with E-state index in [1.807, 2.05) is 6.92 Å². The van der Waals surface area contributed by atoms with Crippen molar-refractivity contribution in [2.45, 2.75) is 13.0 Å². The largest absolute Gasteiger partial charge is 0.494 e. The quantitative estimate of drug-likeness (QED) is 0.443. The van der Waals surface area contributed by atoms with Crippen LogP contribution in [-0.2, 0) is 0 Å². The van der Waals surface area contributed by atoms with Gasteiger partial charge in [-0.2, -0.15) is 0 Å². The van der Waals surface area contributed by atoms with Crippen LogP contribution in [0.2, 0.25) is 0 Å². The van der Waals surface area contributed by atoms with Gasteiger partial charge in [0.1, 0.15) is 23.0 Å². The fraction of sp³-hybridized carbons (Fsp3) is 0.120. The first-order valence-corrected chi connectivity index (χ1v) is 10.1. The molecule has 0 saturated carbocycles. The van der Waals surface area contributed by atoms with Crippen molar-refractivity contribution < 1.29 is 22.7 Å². The first kappa shape index (κ1) is 19.9. The summed E-state index contributed by atoms with van der Waals surface area (Å²) in [5.41, 5.74) is 0.0662. The predicted molar refractivity (Wildman–Crippen MR) is 115 cm³/mol. The number of rotatable bonds is 4. The SMILES string of the molecule is CCOc1ccc(N2C(=O)c3oc4ccc(F)cc4c(=O)c3C2c2ccccc2F)cc1. The van der Waals surface area contributed by atoms with Crippen LogP contribution >= 0.6 is 0 Å². The molecule has 0 N–H and O–H groups in total. The van der Waals surface area contributed by atoms with Crippen molar-refractivity contribution in [3.8, 4) is 5.75 Å². The molecule has 5 nitrogen and oxygen atoms in total. The molecular weight excluding hydrogens is 416 g/mol. The summed E-state index contributed by atoms with van der Waals surface area (Å²) in [5.74, 6) is -1.34. The average molecular weight is 433 g/mol. The van der Waals surface area contributed by atoms with E-state index in [2.05, 4.69) is 0 Å². The van der Waals surface area contributed by atoms with Gasteiger partial charge in [0, 0.05) is 11.3 Å². The van der Waals surface area contributed by atoms with Crippen LogP contribution in [0.1, 0.15) is 34.6 Å². The maximum absolute atomic E-state index is 14.9. The van der Waals surface area contributed by atoms with Gasteiger partial charge in [-0.15, -0.1) is 0 Å². The second-order valence-electron chi connectivity index (χ2n) is 7.34. The highest BCUT2D eigenvalue weighted by molar-refractivity contribution is 6.10. The van der Waals surface area contributed by atoms with Crippen LogP contribution in [0.3, 0.4) is 0 Å². The lowest BCUT2D eigenvalue weighted by Gasteiger charge is -2.25. The Labute approximate surface area is 181 Å². The zero-order valence-corrected chi connectivity index (χ0v) is 17.0. The molecule has 4 aromatic rings. The van der Waals surface area contributed by atoms with Crippen molar-refractivity contribution in [2.24, 2.45) is 0 Å². The van der Waals surface area contributed by atoms with E-state index in [4.69, 9.17) is 9.15 Å². The average Bonchev–Trinajstić information content (AvgIpc) is 3.08. The Hall–Kier alpha value is -4.00. The number of halogens is 2. The highest BCUT2D eigenvalue weighted by Gasteiger charge is 2.44. The predicted octanol–water partition coefficient (Wildman–Crippen LogP) is 5.22. The van der Waals surface area contributed by atoms with Crippen molar-refractivity contribution in [3.63, 3.8) is 0 Å². The molecule has 1 aliphatic rings. The monoisotopic (exact) mass is 433 g/mol. The first-order valence-electron chi connectivity index (χ1n) is 10.1. The summed E-state index contributed by atoms with van der Waals surface area (Å²) in [5, 5.41) is -0.00793. The van der Waals surface area contributed by atoms with Gasteiger partial charge in [0.05, 0.1) is 23.6 Å². The van der Waals surface area contributed by atoms with Gasteiger partial charge in [0.15, 0.2) is 5.43 Å². The maximum Gasteiger partial charge on any atom is 0.295 e. The molecule has 5 rings (SSSR count). The molecule has 0 spiro atoms. The van der Waals surface area contributed by atoms with Gasteiger partial charge in [0.25, 0.3) is 5.91 Å². The van der Waals surface area contributed by atoms with Crippen molar-refractivity contribution in [2.75, 3.05) is 11.5 Å². The number of carbonyl (C=O) groups is 1. The van der Waals surface area contributed by atoms with Gasteiger partial charge in [-0.1, -0.05) is 18.2 Å². The Bertz CT molecular complexity index is 1410. The molecule has 1 amide bonds. The summed E-state index contributed by atoms with van der Waals surface area (Å²) >= 11 is 0. The van der Waals surface area contributed by atoms with Gasteiger partial charge in [-0.05, 0) is 55.5 Å². The highest BCUT2D eigenvalue weighted by Crippen LogP contribution is 2.42. The second kappa shape index (κ2) is 7.60. The number of carbonyl (C=O) groups excluding carboxylic acids is 1. The minimum atomic E-state index is -1.07. The van der Waals surface area contributed by atoms with E-state index >= 15 is 0 Å². The number of benzene rings is 3. The molecule has 32 heavy (non-hydrogen) atoms. The Morgan fingerprint density at radius 3 is 2.47 bits per heavy atom. The molecule has 1 aromatic heterocycles. The number of amides is 1. The molecule has 160 valence electrons. The summed E-state index contributed by atoms with van der Waals surface area (Å²) < 4.78 is 39.9. The molecular formula is C25H17F2NO4. The zero-order chi connectivity index (χ0) is 22.4. The van der Waals surface area contributed by atoms with E-state index in [1.165, 1.54) is 29.2 Å².